The molecule has 0 fully saturated rings. The van der Waals surface area contributed by atoms with Gasteiger partial charge in [-0.3, -0.25) is 10.2 Å². The molecule has 10 rings (SSSR count). The van der Waals surface area contributed by atoms with Crippen LogP contribution in [0.1, 0.15) is 139 Å². The number of amides is 1. The molecule has 0 aliphatic heterocycles. The Bertz CT molecular complexity index is 3100. The van der Waals surface area contributed by atoms with Gasteiger partial charge in [0.25, 0.3) is 5.91 Å². The number of anilines is 4. The Morgan fingerprint density at radius 2 is 1.29 bits per heavy atom. The molecule has 0 bridgehead atoms. The standard InChI is InChI=1S/C63H65N3O3/c1-8-61(9-2)50-24-18-17-23-45(50)47-31-27-42(37-53(47)61)66(44-29-33-51-55(39-44)63(12-5,13-6)56-25-19-20-34-60(51,56)7)43-28-32-48-46-30-26-40(36-52(46)62(10-3,11-4)54(48)38-43)35-49(57(64)59(68)69)58(67)65-41-21-15-14-16-22-41/h14-17,19-23,25-39,56,64H,8-13,18,24H2,1-7H3,(H,65,67)(H,68,69)/b49-35-,64-57?. The lowest BCUT2D eigenvalue weighted by Gasteiger charge is -2.40. The van der Waals surface area contributed by atoms with Gasteiger partial charge < -0.3 is 15.3 Å². The molecule has 6 nitrogen and oxygen atoms in total. The Labute approximate surface area is 408 Å². The lowest BCUT2D eigenvalue weighted by molar-refractivity contribution is -0.129. The topological polar surface area (TPSA) is 93.5 Å². The summed E-state index contributed by atoms with van der Waals surface area (Å²) in [4.78, 5) is 28.4. The maximum absolute atomic E-state index is 13.7. The second-order valence-corrected chi connectivity index (χ2v) is 20.2. The van der Waals surface area contributed by atoms with Crippen molar-refractivity contribution in [2.24, 2.45) is 5.92 Å². The second kappa shape index (κ2) is 17.3. The van der Waals surface area contributed by atoms with Crippen LogP contribution in [-0.4, -0.2) is 22.7 Å². The molecule has 1 amide bonds. The molecule has 0 saturated carbocycles. The summed E-state index contributed by atoms with van der Waals surface area (Å²) >= 11 is 0. The van der Waals surface area contributed by atoms with E-state index >= 15 is 0 Å². The highest BCUT2D eigenvalue weighted by Gasteiger charge is 2.55. The summed E-state index contributed by atoms with van der Waals surface area (Å²) in [7, 11) is 0. The normalized spacial score (nSPS) is 20.4. The van der Waals surface area contributed by atoms with Crippen LogP contribution in [0.4, 0.5) is 22.7 Å². The molecule has 2 unspecified atom stereocenters. The first-order valence-corrected chi connectivity index (χ1v) is 25.4. The van der Waals surface area contributed by atoms with Gasteiger partial charge in [0.15, 0.2) is 5.71 Å². The van der Waals surface area contributed by atoms with Gasteiger partial charge in [0, 0.05) is 44.4 Å². The van der Waals surface area contributed by atoms with E-state index in [9.17, 15) is 14.7 Å². The number of carboxylic acids is 1. The van der Waals surface area contributed by atoms with Crippen LogP contribution in [0.2, 0.25) is 0 Å². The van der Waals surface area contributed by atoms with Crippen LogP contribution in [0.5, 0.6) is 0 Å². The maximum Gasteiger partial charge on any atom is 0.354 e. The van der Waals surface area contributed by atoms with Gasteiger partial charge >= 0.3 is 5.97 Å². The van der Waals surface area contributed by atoms with E-state index in [1.165, 1.54) is 39.0 Å². The largest absolute Gasteiger partial charge is 0.477 e. The predicted molar refractivity (Wildman–Crippen MR) is 285 cm³/mol. The van der Waals surface area contributed by atoms with E-state index in [1.54, 1.807) is 35.9 Å². The van der Waals surface area contributed by atoms with Crippen molar-refractivity contribution in [1.29, 1.82) is 5.41 Å². The van der Waals surface area contributed by atoms with Crippen LogP contribution in [-0.2, 0) is 31.2 Å². The number of rotatable bonds is 14. The van der Waals surface area contributed by atoms with Crippen LogP contribution in [0.3, 0.4) is 0 Å². The zero-order valence-electron chi connectivity index (χ0n) is 41.3. The van der Waals surface area contributed by atoms with Crippen molar-refractivity contribution in [3.63, 3.8) is 0 Å². The third-order valence-electron chi connectivity index (χ3n) is 17.7. The maximum atomic E-state index is 13.7. The first-order chi connectivity index (χ1) is 33.4. The third-order valence-corrected chi connectivity index (χ3v) is 17.7. The molecular formula is C63H65N3O3. The van der Waals surface area contributed by atoms with Gasteiger partial charge in [-0.2, -0.15) is 0 Å². The summed E-state index contributed by atoms with van der Waals surface area (Å²) in [5.74, 6) is -1.73. The Hall–Kier alpha value is -6.79. The number of carbonyl (C=O) groups excluding carboxylic acids is 1. The number of hydrogen-bond donors (Lipinski definition) is 3. The quantitative estimate of drug-likeness (QED) is 0.0764. The van der Waals surface area contributed by atoms with Gasteiger partial charge in [0.2, 0.25) is 0 Å². The highest BCUT2D eigenvalue weighted by Crippen LogP contribution is 2.61. The molecular weight excluding hydrogens is 847 g/mol. The summed E-state index contributed by atoms with van der Waals surface area (Å²) in [5, 5.41) is 21.2. The van der Waals surface area contributed by atoms with Crippen molar-refractivity contribution in [1.82, 2.24) is 0 Å². The number of carboxylic acid groups (broad SMARTS) is 1. The van der Waals surface area contributed by atoms with Crippen molar-refractivity contribution < 1.29 is 14.7 Å². The van der Waals surface area contributed by atoms with Gasteiger partial charge in [0.05, 0.1) is 5.57 Å². The molecule has 5 aliphatic carbocycles. The minimum Gasteiger partial charge on any atom is -0.477 e. The lowest BCUT2D eigenvalue weighted by atomic mass is 9.63. The number of carbonyl (C=O) groups is 2. The average Bonchev–Trinajstić information content (AvgIpc) is 3.91. The van der Waals surface area contributed by atoms with E-state index in [2.05, 4.69) is 162 Å². The number of nitrogens with zero attached hydrogens (tertiary/aromatic N) is 1. The molecule has 0 spiro atoms. The number of hydrogen-bond acceptors (Lipinski definition) is 4. The van der Waals surface area contributed by atoms with Gasteiger partial charge in [0.1, 0.15) is 0 Å². The monoisotopic (exact) mass is 912 g/mol. The molecule has 0 heterocycles. The van der Waals surface area contributed by atoms with Crippen LogP contribution in [0.25, 0.3) is 22.8 Å². The molecule has 0 saturated heterocycles. The minimum absolute atomic E-state index is 0.00378. The number of aliphatic carboxylic acids is 1. The summed E-state index contributed by atoms with van der Waals surface area (Å²) in [6, 6.07) is 36.7. The molecule has 6 heteroatoms. The van der Waals surface area contributed by atoms with Gasteiger partial charge in [-0.15, -0.1) is 0 Å². The van der Waals surface area contributed by atoms with Crippen molar-refractivity contribution in [3.05, 3.63) is 190 Å². The highest BCUT2D eigenvalue weighted by atomic mass is 16.4. The van der Waals surface area contributed by atoms with Crippen molar-refractivity contribution in [2.45, 2.75) is 121 Å². The Morgan fingerprint density at radius 1 is 0.696 bits per heavy atom. The fraction of sp³-hybridized carbons (Fsp3) is 0.317. The smallest absolute Gasteiger partial charge is 0.354 e. The van der Waals surface area contributed by atoms with E-state index in [-0.39, 0.29) is 27.2 Å². The number of fused-ring (bicyclic) bond motifs is 8. The number of para-hydroxylation sites is 1. The molecule has 0 aromatic heterocycles. The molecule has 350 valence electrons. The lowest BCUT2D eigenvalue weighted by Crippen LogP contribution is -2.37. The van der Waals surface area contributed by atoms with Crippen molar-refractivity contribution >= 4 is 52.0 Å². The summed E-state index contributed by atoms with van der Waals surface area (Å²) in [5.41, 5.74) is 16.7. The fourth-order valence-corrected chi connectivity index (χ4v) is 13.9. The summed E-state index contributed by atoms with van der Waals surface area (Å²) in [6.45, 7) is 16.4. The van der Waals surface area contributed by atoms with Crippen LogP contribution in [0, 0.1) is 11.3 Å². The van der Waals surface area contributed by atoms with Crippen molar-refractivity contribution in [3.8, 4) is 11.1 Å². The first kappa shape index (κ1) is 46.0. The van der Waals surface area contributed by atoms with E-state index in [0.29, 0.717) is 17.2 Å². The number of benzene rings is 5. The van der Waals surface area contributed by atoms with Crippen molar-refractivity contribution in [2.75, 3.05) is 10.2 Å². The van der Waals surface area contributed by atoms with E-state index < -0.39 is 17.6 Å². The Balaban J connectivity index is 1.14. The van der Waals surface area contributed by atoms with E-state index in [4.69, 9.17) is 5.41 Å². The molecule has 5 aromatic rings. The van der Waals surface area contributed by atoms with Crippen LogP contribution >= 0.6 is 0 Å². The predicted octanol–water partition coefficient (Wildman–Crippen LogP) is 15.6. The van der Waals surface area contributed by atoms with Crippen LogP contribution < -0.4 is 10.2 Å². The Kier molecular flexibility index (Phi) is 11.5. The van der Waals surface area contributed by atoms with E-state index in [1.807, 2.05) is 12.1 Å². The SMILES string of the molecule is CCC1(CC)C2=C(C=CCC2)c2ccc(N(c3ccc4c(c3)C(CC)(CC)c3cc(/C=C(/C(=N)C(=O)O)C(=O)Nc5ccccc5)ccc3-4)c3ccc4c(c3)C(CC)(CC)C3C=CC=CC43C)cc21. The number of nitrogens with one attached hydrogen (secondary N) is 2. The minimum atomic E-state index is -1.46. The van der Waals surface area contributed by atoms with Gasteiger partial charge in [-0.1, -0.05) is 145 Å². The van der Waals surface area contributed by atoms with Crippen LogP contribution in [0.15, 0.2) is 151 Å². The Morgan fingerprint density at radius 3 is 1.93 bits per heavy atom. The summed E-state index contributed by atoms with van der Waals surface area (Å²) < 4.78 is 0. The average molecular weight is 912 g/mol. The molecule has 3 N–H and O–H groups in total. The molecule has 5 aliphatic rings. The zero-order chi connectivity index (χ0) is 48.5. The second-order valence-electron chi connectivity index (χ2n) is 20.2. The van der Waals surface area contributed by atoms with Gasteiger partial charge in [-0.25, -0.2) is 4.79 Å². The highest BCUT2D eigenvalue weighted by molar-refractivity contribution is 6.50. The first-order valence-electron chi connectivity index (χ1n) is 25.4. The van der Waals surface area contributed by atoms with E-state index in [0.717, 1.165) is 79.6 Å². The zero-order valence-corrected chi connectivity index (χ0v) is 41.3. The van der Waals surface area contributed by atoms with Gasteiger partial charge in [-0.05, 0) is 168 Å². The molecule has 5 aromatic carbocycles. The third kappa shape index (κ3) is 6.76. The molecule has 2 atom stereocenters. The molecule has 69 heavy (non-hydrogen) atoms. The fourth-order valence-electron chi connectivity index (χ4n) is 13.9. The summed E-state index contributed by atoms with van der Waals surface area (Å²) in [6.07, 6.45) is 23.8. The molecule has 0 radical (unpaired) electrons. The number of allylic oxidation sites excluding steroid dienone is 8.